The van der Waals surface area contributed by atoms with E-state index in [1.165, 1.54) is 0 Å². The van der Waals surface area contributed by atoms with E-state index in [2.05, 4.69) is 25.7 Å². The van der Waals surface area contributed by atoms with Crippen LogP contribution in [0, 0.1) is 0 Å². The highest BCUT2D eigenvalue weighted by atomic mass is 35.5. The van der Waals surface area contributed by atoms with Gasteiger partial charge in [0.15, 0.2) is 0 Å². The van der Waals surface area contributed by atoms with Crippen molar-refractivity contribution in [3.8, 4) is 0 Å². The second-order valence-electron chi connectivity index (χ2n) is 5.05. The standard InChI is InChI=1S/C16H12ClN5O/c17-15-11-9-18-20-12(11)6-7-13(15)19-16-22-21-14(23-16)8-10-4-2-1-3-5-10/h1-7,9H,8H2,(H,18,20)(H,19,22). The molecule has 4 rings (SSSR count). The molecule has 23 heavy (non-hydrogen) atoms. The zero-order valence-corrected chi connectivity index (χ0v) is 12.7. The summed E-state index contributed by atoms with van der Waals surface area (Å²) in [6.45, 7) is 0. The van der Waals surface area contributed by atoms with Crippen LogP contribution in [0.25, 0.3) is 10.9 Å². The fourth-order valence-corrected chi connectivity index (χ4v) is 2.60. The molecule has 2 aromatic heterocycles. The van der Waals surface area contributed by atoms with Crippen LogP contribution in [0.4, 0.5) is 11.7 Å². The first-order chi connectivity index (χ1) is 11.3. The fraction of sp³-hybridized carbons (Fsp3) is 0.0625. The predicted octanol–water partition coefficient (Wildman–Crippen LogP) is 3.93. The summed E-state index contributed by atoms with van der Waals surface area (Å²) in [4.78, 5) is 0. The van der Waals surface area contributed by atoms with E-state index < -0.39 is 0 Å². The Morgan fingerprint density at radius 3 is 2.83 bits per heavy atom. The molecule has 0 aliphatic heterocycles. The highest BCUT2D eigenvalue weighted by molar-refractivity contribution is 6.38. The maximum absolute atomic E-state index is 6.36. The molecule has 0 fully saturated rings. The highest BCUT2D eigenvalue weighted by Gasteiger charge is 2.11. The molecule has 0 spiro atoms. The summed E-state index contributed by atoms with van der Waals surface area (Å²) < 4.78 is 5.62. The van der Waals surface area contributed by atoms with Gasteiger partial charge in [0.1, 0.15) is 0 Å². The topological polar surface area (TPSA) is 79.6 Å². The lowest BCUT2D eigenvalue weighted by atomic mass is 10.2. The van der Waals surface area contributed by atoms with Gasteiger partial charge < -0.3 is 9.73 Å². The molecule has 0 aliphatic rings. The second-order valence-corrected chi connectivity index (χ2v) is 5.42. The van der Waals surface area contributed by atoms with Crippen LogP contribution in [-0.4, -0.2) is 20.4 Å². The quantitative estimate of drug-likeness (QED) is 0.594. The summed E-state index contributed by atoms with van der Waals surface area (Å²) in [6, 6.07) is 14.0. The molecule has 2 aromatic carbocycles. The maximum atomic E-state index is 6.36. The van der Waals surface area contributed by atoms with Crippen molar-refractivity contribution in [2.45, 2.75) is 6.42 Å². The molecule has 0 amide bonds. The molecule has 0 saturated carbocycles. The number of nitrogens with one attached hydrogen (secondary N) is 2. The third kappa shape index (κ3) is 2.76. The number of halogens is 1. The molecular formula is C16H12ClN5O. The summed E-state index contributed by atoms with van der Waals surface area (Å²) >= 11 is 6.36. The molecular weight excluding hydrogens is 314 g/mol. The first kappa shape index (κ1) is 13.8. The van der Waals surface area contributed by atoms with Crippen molar-refractivity contribution in [2.75, 3.05) is 5.32 Å². The van der Waals surface area contributed by atoms with Crippen molar-refractivity contribution in [3.63, 3.8) is 0 Å². The number of aromatic amines is 1. The largest absolute Gasteiger partial charge is 0.408 e. The van der Waals surface area contributed by atoms with Gasteiger partial charge in [-0.25, -0.2) is 0 Å². The van der Waals surface area contributed by atoms with E-state index in [9.17, 15) is 0 Å². The summed E-state index contributed by atoms with van der Waals surface area (Å²) in [6.07, 6.45) is 2.27. The second kappa shape index (κ2) is 5.73. The van der Waals surface area contributed by atoms with E-state index in [1.807, 2.05) is 42.5 Å². The van der Waals surface area contributed by atoms with Gasteiger partial charge in [0, 0.05) is 5.39 Å². The van der Waals surface area contributed by atoms with Gasteiger partial charge in [-0.05, 0) is 17.7 Å². The predicted molar refractivity (Wildman–Crippen MR) is 87.9 cm³/mol. The molecule has 0 radical (unpaired) electrons. The van der Waals surface area contributed by atoms with E-state index in [1.54, 1.807) is 6.20 Å². The maximum Gasteiger partial charge on any atom is 0.320 e. The van der Waals surface area contributed by atoms with Crippen molar-refractivity contribution >= 4 is 34.2 Å². The summed E-state index contributed by atoms with van der Waals surface area (Å²) in [5, 5.41) is 19.3. The number of anilines is 2. The lowest BCUT2D eigenvalue weighted by Gasteiger charge is -2.04. The van der Waals surface area contributed by atoms with Crippen LogP contribution in [0.1, 0.15) is 11.5 Å². The Morgan fingerprint density at radius 2 is 1.96 bits per heavy atom. The molecule has 0 aliphatic carbocycles. The Hall–Kier alpha value is -2.86. The number of rotatable bonds is 4. The monoisotopic (exact) mass is 325 g/mol. The van der Waals surface area contributed by atoms with Gasteiger partial charge in [0.2, 0.25) is 5.89 Å². The van der Waals surface area contributed by atoms with Gasteiger partial charge in [0.05, 0.1) is 28.8 Å². The molecule has 6 nitrogen and oxygen atoms in total. The van der Waals surface area contributed by atoms with Crippen LogP contribution < -0.4 is 5.32 Å². The van der Waals surface area contributed by atoms with Crippen molar-refractivity contribution < 1.29 is 4.42 Å². The third-order valence-electron chi connectivity index (χ3n) is 3.47. The summed E-state index contributed by atoms with van der Waals surface area (Å²) in [7, 11) is 0. The molecule has 4 aromatic rings. The zero-order valence-electron chi connectivity index (χ0n) is 12.0. The molecule has 2 N–H and O–H groups in total. The van der Waals surface area contributed by atoms with Gasteiger partial charge in [0.25, 0.3) is 0 Å². The molecule has 2 heterocycles. The lowest BCUT2D eigenvalue weighted by Crippen LogP contribution is -1.91. The Balaban J connectivity index is 1.56. The smallest absolute Gasteiger partial charge is 0.320 e. The number of fused-ring (bicyclic) bond motifs is 1. The Labute approximate surface area is 136 Å². The summed E-state index contributed by atoms with van der Waals surface area (Å²) in [5.41, 5.74) is 2.67. The number of hydrogen-bond acceptors (Lipinski definition) is 5. The Bertz CT molecular complexity index is 947. The number of aromatic nitrogens is 4. The SMILES string of the molecule is Clc1c(Nc2nnc(Cc3ccccc3)o2)ccc2[nH]ncc12. The van der Waals surface area contributed by atoms with Crippen molar-refractivity contribution in [3.05, 3.63) is 65.1 Å². The van der Waals surface area contributed by atoms with Crippen LogP contribution >= 0.6 is 11.6 Å². The van der Waals surface area contributed by atoms with Crippen LogP contribution in [0.5, 0.6) is 0 Å². The number of nitrogens with zero attached hydrogens (tertiary/aromatic N) is 3. The summed E-state index contributed by atoms with van der Waals surface area (Å²) in [5.74, 6) is 0.541. The minimum Gasteiger partial charge on any atom is -0.408 e. The molecule has 0 bridgehead atoms. The molecule has 7 heteroatoms. The first-order valence-corrected chi connectivity index (χ1v) is 7.42. The molecule has 0 unspecified atom stereocenters. The Morgan fingerprint density at radius 1 is 1.09 bits per heavy atom. The van der Waals surface area contributed by atoms with E-state index in [4.69, 9.17) is 16.0 Å². The minimum atomic E-state index is 0.306. The number of benzene rings is 2. The molecule has 114 valence electrons. The lowest BCUT2D eigenvalue weighted by molar-refractivity contribution is 0.521. The van der Waals surface area contributed by atoms with Crippen molar-refractivity contribution in [1.82, 2.24) is 20.4 Å². The zero-order chi connectivity index (χ0) is 15.6. The van der Waals surface area contributed by atoms with Crippen LogP contribution in [0.3, 0.4) is 0 Å². The normalized spacial score (nSPS) is 11.0. The van der Waals surface area contributed by atoms with Crippen molar-refractivity contribution in [1.29, 1.82) is 0 Å². The third-order valence-corrected chi connectivity index (χ3v) is 3.87. The van der Waals surface area contributed by atoms with Crippen LogP contribution in [0.15, 0.2) is 53.1 Å². The van der Waals surface area contributed by atoms with Crippen molar-refractivity contribution in [2.24, 2.45) is 0 Å². The number of hydrogen-bond donors (Lipinski definition) is 2. The average molecular weight is 326 g/mol. The van der Waals surface area contributed by atoms with Gasteiger partial charge >= 0.3 is 6.01 Å². The molecule has 0 atom stereocenters. The van der Waals surface area contributed by atoms with Gasteiger partial charge in [-0.15, -0.1) is 5.10 Å². The average Bonchev–Trinajstić information content (AvgIpc) is 3.21. The van der Waals surface area contributed by atoms with E-state index in [-0.39, 0.29) is 0 Å². The molecule has 0 saturated heterocycles. The van der Waals surface area contributed by atoms with E-state index in [0.29, 0.717) is 29.0 Å². The van der Waals surface area contributed by atoms with E-state index in [0.717, 1.165) is 16.5 Å². The highest BCUT2D eigenvalue weighted by Crippen LogP contribution is 2.31. The van der Waals surface area contributed by atoms with Crippen LogP contribution in [-0.2, 0) is 6.42 Å². The van der Waals surface area contributed by atoms with Crippen LogP contribution in [0.2, 0.25) is 5.02 Å². The van der Waals surface area contributed by atoms with Gasteiger partial charge in [-0.2, -0.15) is 5.10 Å². The minimum absolute atomic E-state index is 0.306. The van der Waals surface area contributed by atoms with E-state index >= 15 is 0 Å². The van der Waals surface area contributed by atoms with Gasteiger partial charge in [-0.1, -0.05) is 47.0 Å². The Kier molecular flexibility index (Phi) is 3.44. The fourth-order valence-electron chi connectivity index (χ4n) is 2.34. The number of H-pyrrole nitrogens is 1. The first-order valence-electron chi connectivity index (χ1n) is 7.04. The van der Waals surface area contributed by atoms with Gasteiger partial charge in [-0.3, -0.25) is 5.10 Å².